The lowest BCUT2D eigenvalue weighted by Gasteiger charge is -2.16. The second-order valence-corrected chi connectivity index (χ2v) is 4.98. The minimum atomic E-state index is -0.0192. The molecule has 3 heteroatoms. The molecule has 3 nitrogen and oxygen atoms in total. The lowest BCUT2D eigenvalue weighted by atomic mass is 10.0. The maximum atomic E-state index is 6.17. The maximum absolute atomic E-state index is 6.17. The van der Waals surface area contributed by atoms with Crippen LogP contribution in [0.2, 0.25) is 0 Å². The molecule has 2 N–H and O–H groups in total. The van der Waals surface area contributed by atoms with Crippen LogP contribution in [0.4, 0.5) is 0 Å². The predicted octanol–water partition coefficient (Wildman–Crippen LogP) is 4.44. The van der Waals surface area contributed by atoms with Gasteiger partial charge in [-0.05, 0) is 36.8 Å². The summed E-state index contributed by atoms with van der Waals surface area (Å²) in [6.07, 6.45) is 2.66. The molecule has 21 heavy (non-hydrogen) atoms. The van der Waals surface area contributed by atoms with Crippen molar-refractivity contribution in [3.05, 3.63) is 66.4 Å². The number of ether oxygens (including phenoxy) is 1. The number of benzene rings is 2. The molecule has 106 valence electrons. The summed E-state index contributed by atoms with van der Waals surface area (Å²) in [6.45, 7) is 2.07. The fraction of sp³-hybridized carbons (Fsp3) is 0.167. The van der Waals surface area contributed by atoms with Crippen LogP contribution in [0.25, 0.3) is 10.9 Å². The molecule has 0 bridgehead atoms. The van der Waals surface area contributed by atoms with Crippen LogP contribution in [0.5, 0.6) is 11.5 Å². The zero-order chi connectivity index (χ0) is 14.7. The number of hydrogen-bond acceptors (Lipinski definition) is 3. The van der Waals surface area contributed by atoms with E-state index in [4.69, 9.17) is 10.5 Å². The van der Waals surface area contributed by atoms with Gasteiger partial charge in [0.2, 0.25) is 0 Å². The first-order valence-corrected chi connectivity index (χ1v) is 7.15. The molecule has 3 aromatic rings. The Labute approximate surface area is 124 Å². The summed E-state index contributed by atoms with van der Waals surface area (Å²) in [7, 11) is 0. The smallest absolute Gasteiger partial charge is 0.136 e. The summed E-state index contributed by atoms with van der Waals surface area (Å²) in [5, 5.41) is 1.000. The summed E-state index contributed by atoms with van der Waals surface area (Å²) >= 11 is 0. The van der Waals surface area contributed by atoms with Crippen LogP contribution in [-0.2, 0) is 0 Å². The Kier molecular flexibility index (Phi) is 3.84. The first-order valence-electron chi connectivity index (χ1n) is 7.15. The van der Waals surface area contributed by atoms with Gasteiger partial charge >= 0.3 is 0 Å². The van der Waals surface area contributed by atoms with Crippen LogP contribution in [0, 0.1) is 0 Å². The summed E-state index contributed by atoms with van der Waals surface area (Å²) in [5.41, 5.74) is 8.12. The molecule has 1 aromatic heterocycles. The Morgan fingerprint density at radius 1 is 1.00 bits per heavy atom. The van der Waals surface area contributed by atoms with Crippen LogP contribution in [0.3, 0.4) is 0 Å². The number of aromatic nitrogens is 1. The van der Waals surface area contributed by atoms with Gasteiger partial charge in [-0.3, -0.25) is 4.98 Å². The van der Waals surface area contributed by atoms with Gasteiger partial charge in [-0.2, -0.15) is 0 Å². The van der Waals surface area contributed by atoms with Gasteiger partial charge in [-0.1, -0.05) is 31.2 Å². The van der Waals surface area contributed by atoms with E-state index in [-0.39, 0.29) is 6.04 Å². The highest BCUT2D eigenvalue weighted by molar-refractivity contribution is 5.85. The lowest BCUT2D eigenvalue weighted by Crippen LogP contribution is -2.09. The first-order chi connectivity index (χ1) is 10.3. The highest BCUT2D eigenvalue weighted by atomic mass is 16.5. The maximum Gasteiger partial charge on any atom is 0.136 e. The van der Waals surface area contributed by atoms with Crippen LogP contribution >= 0.6 is 0 Å². The molecule has 2 aromatic carbocycles. The summed E-state index contributed by atoms with van der Waals surface area (Å²) < 4.78 is 6.13. The SMILES string of the molecule is CC[C@@H](N)c1ccccc1Oc1cccc2ncccc12. The Hall–Kier alpha value is -2.39. The molecule has 0 saturated carbocycles. The molecule has 0 spiro atoms. The van der Waals surface area contributed by atoms with E-state index >= 15 is 0 Å². The topological polar surface area (TPSA) is 48.1 Å². The molecule has 0 unspecified atom stereocenters. The molecule has 0 radical (unpaired) electrons. The van der Waals surface area contributed by atoms with Crippen molar-refractivity contribution >= 4 is 10.9 Å². The third kappa shape index (κ3) is 2.73. The molecule has 0 fully saturated rings. The average Bonchev–Trinajstić information content (AvgIpc) is 2.55. The van der Waals surface area contributed by atoms with Gasteiger partial charge < -0.3 is 10.5 Å². The standard InChI is InChI=1S/C18H18N2O/c1-2-15(19)13-7-3-4-10-17(13)21-18-11-5-9-16-14(18)8-6-12-20-16/h3-12,15H,2,19H2,1H3/t15-/m1/s1. The number of hydrogen-bond donors (Lipinski definition) is 1. The third-order valence-corrected chi connectivity index (χ3v) is 3.58. The minimum absolute atomic E-state index is 0.0192. The molecule has 3 rings (SSSR count). The van der Waals surface area contributed by atoms with Crippen LogP contribution < -0.4 is 10.5 Å². The van der Waals surface area contributed by atoms with Gasteiger partial charge in [0.15, 0.2) is 0 Å². The van der Waals surface area contributed by atoms with Gasteiger partial charge in [-0.25, -0.2) is 0 Å². The highest BCUT2D eigenvalue weighted by Crippen LogP contribution is 2.33. The van der Waals surface area contributed by atoms with E-state index in [1.165, 1.54) is 0 Å². The molecule has 0 aliphatic heterocycles. The average molecular weight is 278 g/mol. The second-order valence-electron chi connectivity index (χ2n) is 4.98. The largest absolute Gasteiger partial charge is 0.456 e. The monoisotopic (exact) mass is 278 g/mol. The zero-order valence-corrected chi connectivity index (χ0v) is 12.0. The number of pyridine rings is 1. The fourth-order valence-corrected chi connectivity index (χ4v) is 2.38. The third-order valence-electron chi connectivity index (χ3n) is 3.58. The quantitative estimate of drug-likeness (QED) is 0.767. The zero-order valence-electron chi connectivity index (χ0n) is 12.0. The Morgan fingerprint density at radius 2 is 1.81 bits per heavy atom. The van der Waals surface area contributed by atoms with E-state index in [2.05, 4.69) is 11.9 Å². The van der Waals surface area contributed by atoms with Crippen molar-refractivity contribution < 1.29 is 4.74 Å². The highest BCUT2D eigenvalue weighted by Gasteiger charge is 2.11. The minimum Gasteiger partial charge on any atom is -0.456 e. The van der Waals surface area contributed by atoms with Crippen molar-refractivity contribution in [3.63, 3.8) is 0 Å². The van der Waals surface area contributed by atoms with Crippen molar-refractivity contribution in [2.24, 2.45) is 5.73 Å². The fourth-order valence-electron chi connectivity index (χ4n) is 2.38. The van der Waals surface area contributed by atoms with Gasteiger partial charge in [-0.15, -0.1) is 0 Å². The first kappa shape index (κ1) is 13.6. The Balaban J connectivity index is 2.03. The number of para-hydroxylation sites is 1. The number of rotatable bonds is 4. The molecule has 1 heterocycles. The molecular weight excluding hydrogens is 260 g/mol. The molecule has 0 aliphatic rings. The van der Waals surface area contributed by atoms with Gasteiger partial charge in [0.05, 0.1) is 5.52 Å². The summed E-state index contributed by atoms with van der Waals surface area (Å²) in [5.74, 6) is 1.61. The number of nitrogens with zero attached hydrogens (tertiary/aromatic N) is 1. The molecule has 0 saturated heterocycles. The van der Waals surface area contributed by atoms with Gasteiger partial charge in [0, 0.05) is 23.2 Å². The van der Waals surface area contributed by atoms with E-state index in [1.54, 1.807) is 6.20 Å². The van der Waals surface area contributed by atoms with E-state index in [0.29, 0.717) is 0 Å². The van der Waals surface area contributed by atoms with E-state index in [1.807, 2.05) is 54.6 Å². The second kappa shape index (κ2) is 5.94. The van der Waals surface area contributed by atoms with Crippen molar-refractivity contribution in [1.82, 2.24) is 4.98 Å². The van der Waals surface area contributed by atoms with E-state index < -0.39 is 0 Å². The summed E-state index contributed by atoms with van der Waals surface area (Å²) in [6, 6.07) is 17.7. The van der Waals surface area contributed by atoms with Gasteiger partial charge in [0.25, 0.3) is 0 Å². The van der Waals surface area contributed by atoms with Crippen molar-refractivity contribution in [2.75, 3.05) is 0 Å². The Morgan fingerprint density at radius 3 is 2.67 bits per heavy atom. The normalized spacial score (nSPS) is 12.3. The number of fused-ring (bicyclic) bond motifs is 1. The van der Waals surface area contributed by atoms with E-state index in [9.17, 15) is 0 Å². The van der Waals surface area contributed by atoms with Gasteiger partial charge in [0.1, 0.15) is 11.5 Å². The predicted molar refractivity (Wildman–Crippen MR) is 85.5 cm³/mol. The van der Waals surface area contributed by atoms with Crippen molar-refractivity contribution in [3.8, 4) is 11.5 Å². The van der Waals surface area contributed by atoms with Crippen molar-refractivity contribution in [2.45, 2.75) is 19.4 Å². The molecule has 0 aliphatic carbocycles. The molecule has 1 atom stereocenters. The number of nitrogens with two attached hydrogens (primary N) is 1. The molecular formula is C18H18N2O. The van der Waals surface area contributed by atoms with Crippen LogP contribution in [0.15, 0.2) is 60.8 Å². The van der Waals surface area contributed by atoms with Crippen LogP contribution in [-0.4, -0.2) is 4.98 Å². The lowest BCUT2D eigenvalue weighted by molar-refractivity contribution is 0.474. The van der Waals surface area contributed by atoms with Crippen molar-refractivity contribution in [1.29, 1.82) is 0 Å². The van der Waals surface area contributed by atoms with Crippen LogP contribution in [0.1, 0.15) is 24.9 Å². The molecule has 0 amide bonds. The summed E-state index contributed by atoms with van der Waals surface area (Å²) in [4.78, 5) is 4.35. The Bertz CT molecular complexity index is 750. The van der Waals surface area contributed by atoms with E-state index in [0.717, 1.165) is 34.4 Å².